The monoisotopic (exact) mass is 294 g/mol. The number of carbonyl (C=O) groups excluding carboxylic acids is 1. The first-order valence-electron chi connectivity index (χ1n) is 7.28. The highest BCUT2D eigenvalue weighted by Crippen LogP contribution is 2.24. The van der Waals surface area contributed by atoms with Gasteiger partial charge in [-0.15, -0.1) is 0 Å². The van der Waals surface area contributed by atoms with Gasteiger partial charge in [-0.3, -0.25) is 4.79 Å². The number of aromatic nitrogens is 1. The van der Waals surface area contributed by atoms with Crippen LogP contribution in [0.2, 0.25) is 0 Å². The molecular weight excluding hydrogens is 268 g/mol. The fourth-order valence-electron chi connectivity index (χ4n) is 2.23. The minimum atomic E-state index is -0.847. The second-order valence-corrected chi connectivity index (χ2v) is 5.77. The van der Waals surface area contributed by atoms with Crippen LogP contribution in [0.15, 0.2) is 12.3 Å². The third-order valence-corrected chi connectivity index (χ3v) is 3.30. The Morgan fingerprint density at radius 1 is 1.48 bits per heavy atom. The van der Waals surface area contributed by atoms with Crippen LogP contribution in [0.4, 0.5) is 5.69 Å². The van der Waals surface area contributed by atoms with Crippen LogP contribution < -0.4 is 10.1 Å². The molecule has 1 rings (SSSR count). The number of methoxy groups -OCH3 is 1. The summed E-state index contributed by atoms with van der Waals surface area (Å²) in [5.41, 5.74) is 0.686. The Morgan fingerprint density at radius 3 is 2.62 bits per heavy atom. The lowest BCUT2D eigenvalue weighted by molar-refractivity contribution is -0.137. The van der Waals surface area contributed by atoms with E-state index in [-0.39, 0.29) is 5.91 Å². The summed E-state index contributed by atoms with van der Waals surface area (Å²) in [5, 5.41) is 2.87. The minimum Gasteiger partial charge on any atom is -0.478 e. The van der Waals surface area contributed by atoms with E-state index in [1.807, 2.05) is 19.9 Å². The minimum absolute atomic E-state index is 0.163. The lowest BCUT2D eigenvalue weighted by Crippen LogP contribution is -2.43. The van der Waals surface area contributed by atoms with Gasteiger partial charge < -0.3 is 14.8 Å². The molecular formula is C16H26N2O3. The molecule has 0 fully saturated rings. The summed E-state index contributed by atoms with van der Waals surface area (Å²) in [7, 11) is 1.56. The van der Waals surface area contributed by atoms with Crippen molar-refractivity contribution >= 4 is 11.6 Å². The molecule has 21 heavy (non-hydrogen) atoms. The highest BCUT2D eigenvalue weighted by molar-refractivity contribution is 5.97. The fourth-order valence-corrected chi connectivity index (χ4v) is 2.23. The molecule has 0 bridgehead atoms. The van der Waals surface area contributed by atoms with Crippen molar-refractivity contribution in [3.8, 4) is 5.88 Å². The molecule has 0 aliphatic heterocycles. The molecule has 5 nitrogen and oxygen atoms in total. The van der Waals surface area contributed by atoms with E-state index in [2.05, 4.69) is 24.1 Å². The molecule has 1 unspecified atom stereocenters. The van der Waals surface area contributed by atoms with Crippen molar-refractivity contribution in [2.75, 3.05) is 19.0 Å². The molecule has 1 N–H and O–H groups in total. The Hall–Kier alpha value is -1.62. The molecule has 118 valence electrons. The Morgan fingerprint density at radius 2 is 2.14 bits per heavy atom. The number of rotatable bonds is 7. The number of carbonyl (C=O) groups is 1. The van der Waals surface area contributed by atoms with Crippen molar-refractivity contribution < 1.29 is 14.3 Å². The first-order valence-corrected chi connectivity index (χ1v) is 7.28. The number of amides is 1. The van der Waals surface area contributed by atoms with Crippen molar-refractivity contribution in [1.29, 1.82) is 0 Å². The maximum absolute atomic E-state index is 12.4. The molecule has 0 saturated carbocycles. The van der Waals surface area contributed by atoms with E-state index in [9.17, 15) is 4.79 Å². The van der Waals surface area contributed by atoms with E-state index in [0.29, 0.717) is 30.5 Å². The van der Waals surface area contributed by atoms with Gasteiger partial charge in [-0.05, 0) is 39.2 Å². The summed E-state index contributed by atoms with van der Waals surface area (Å²) in [5.74, 6) is 0.789. The predicted octanol–water partition coefficient (Wildman–Crippen LogP) is 3.18. The van der Waals surface area contributed by atoms with Crippen molar-refractivity contribution in [1.82, 2.24) is 4.98 Å². The number of hydrogen-bond donors (Lipinski definition) is 1. The van der Waals surface area contributed by atoms with E-state index < -0.39 is 5.60 Å². The number of aryl methyl sites for hydroxylation is 1. The van der Waals surface area contributed by atoms with Gasteiger partial charge in [0.15, 0.2) is 0 Å². The topological polar surface area (TPSA) is 60.5 Å². The number of nitrogens with one attached hydrogen (secondary N) is 1. The summed E-state index contributed by atoms with van der Waals surface area (Å²) >= 11 is 0. The summed E-state index contributed by atoms with van der Waals surface area (Å²) in [6, 6.07) is 1.85. The third kappa shape index (κ3) is 4.70. The molecule has 1 aromatic rings. The van der Waals surface area contributed by atoms with E-state index >= 15 is 0 Å². The number of pyridine rings is 1. The molecule has 0 spiro atoms. The standard InChI is InChI=1S/C16H26N2O3/c1-7-21-14-12(4)8-13(10-17-14)18-15(19)16(5,20-6)9-11(2)3/h8,10-11H,7,9H2,1-6H3,(H,18,19). The van der Waals surface area contributed by atoms with Crippen molar-refractivity contribution in [3.63, 3.8) is 0 Å². The maximum Gasteiger partial charge on any atom is 0.256 e. The number of hydrogen-bond acceptors (Lipinski definition) is 4. The Labute approximate surface area is 127 Å². The number of anilines is 1. The summed E-state index contributed by atoms with van der Waals surface area (Å²) in [6.45, 7) is 10.3. The molecule has 0 saturated heterocycles. The van der Waals surface area contributed by atoms with E-state index in [1.165, 1.54) is 0 Å². The molecule has 1 atom stereocenters. The van der Waals surface area contributed by atoms with Gasteiger partial charge in [-0.1, -0.05) is 13.8 Å². The van der Waals surface area contributed by atoms with Crippen LogP contribution in [-0.2, 0) is 9.53 Å². The quantitative estimate of drug-likeness (QED) is 0.839. The Kier molecular flexibility index (Phi) is 6.15. The highest BCUT2D eigenvalue weighted by atomic mass is 16.5. The van der Waals surface area contributed by atoms with E-state index in [0.717, 1.165) is 5.56 Å². The molecule has 5 heteroatoms. The molecule has 0 aliphatic carbocycles. The molecule has 1 heterocycles. The van der Waals surface area contributed by atoms with Crippen molar-refractivity contribution in [2.24, 2.45) is 5.92 Å². The predicted molar refractivity (Wildman–Crippen MR) is 83.6 cm³/mol. The van der Waals surface area contributed by atoms with Crippen LogP contribution in [0.3, 0.4) is 0 Å². The van der Waals surface area contributed by atoms with Crippen molar-refractivity contribution in [2.45, 2.75) is 46.6 Å². The summed E-state index contributed by atoms with van der Waals surface area (Å²) in [4.78, 5) is 16.6. The van der Waals surface area contributed by atoms with Gasteiger partial charge in [-0.25, -0.2) is 4.98 Å². The van der Waals surface area contributed by atoms with Crippen LogP contribution in [-0.4, -0.2) is 30.2 Å². The summed E-state index contributed by atoms with van der Waals surface area (Å²) in [6.07, 6.45) is 2.25. The van der Waals surface area contributed by atoms with Gasteiger partial charge in [0.05, 0.1) is 18.5 Å². The maximum atomic E-state index is 12.4. The zero-order valence-electron chi connectivity index (χ0n) is 13.8. The van der Waals surface area contributed by atoms with Crippen LogP contribution in [0.1, 0.15) is 39.7 Å². The fraction of sp³-hybridized carbons (Fsp3) is 0.625. The zero-order valence-corrected chi connectivity index (χ0v) is 13.8. The zero-order chi connectivity index (χ0) is 16.0. The number of nitrogens with zero attached hydrogens (tertiary/aromatic N) is 1. The first kappa shape index (κ1) is 17.4. The normalized spacial score (nSPS) is 13.9. The summed E-state index contributed by atoms with van der Waals surface area (Å²) < 4.78 is 10.8. The van der Waals surface area contributed by atoms with Crippen LogP contribution in [0.5, 0.6) is 5.88 Å². The average Bonchev–Trinajstić information content (AvgIpc) is 2.41. The van der Waals surface area contributed by atoms with Crippen LogP contribution in [0, 0.1) is 12.8 Å². The van der Waals surface area contributed by atoms with Crippen molar-refractivity contribution in [3.05, 3.63) is 17.8 Å². The van der Waals surface area contributed by atoms with Gasteiger partial charge in [0.1, 0.15) is 5.60 Å². The molecule has 0 aliphatic rings. The lowest BCUT2D eigenvalue weighted by atomic mass is 9.93. The second-order valence-electron chi connectivity index (χ2n) is 5.77. The largest absolute Gasteiger partial charge is 0.478 e. The Bertz CT molecular complexity index is 488. The van der Waals surface area contributed by atoms with Gasteiger partial charge in [0.2, 0.25) is 5.88 Å². The Balaban J connectivity index is 2.84. The molecule has 0 radical (unpaired) electrons. The van der Waals surface area contributed by atoms with Crippen LogP contribution in [0.25, 0.3) is 0 Å². The SMILES string of the molecule is CCOc1ncc(NC(=O)C(C)(CC(C)C)OC)cc1C. The first-order chi connectivity index (χ1) is 9.82. The average molecular weight is 294 g/mol. The van der Waals surface area contributed by atoms with E-state index in [1.54, 1.807) is 20.2 Å². The van der Waals surface area contributed by atoms with E-state index in [4.69, 9.17) is 9.47 Å². The third-order valence-electron chi connectivity index (χ3n) is 3.30. The number of ether oxygens (including phenoxy) is 2. The van der Waals surface area contributed by atoms with Gasteiger partial charge in [0, 0.05) is 12.7 Å². The molecule has 0 aromatic carbocycles. The lowest BCUT2D eigenvalue weighted by Gasteiger charge is -2.28. The van der Waals surface area contributed by atoms with Crippen LogP contribution >= 0.6 is 0 Å². The smallest absolute Gasteiger partial charge is 0.256 e. The van der Waals surface area contributed by atoms with Gasteiger partial charge in [0.25, 0.3) is 5.91 Å². The second kappa shape index (κ2) is 7.41. The van der Waals surface area contributed by atoms with Gasteiger partial charge in [-0.2, -0.15) is 0 Å². The highest BCUT2D eigenvalue weighted by Gasteiger charge is 2.34. The molecule has 1 aromatic heterocycles. The molecule has 1 amide bonds. The van der Waals surface area contributed by atoms with Gasteiger partial charge >= 0.3 is 0 Å².